The molecular formula is C9H15O4. The van der Waals surface area contributed by atoms with Gasteiger partial charge in [0.1, 0.15) is 0 Å². The van der Waals surface area contributed by atoms with Crippen molar-refractivity contribution in [1.29, 1.82) is 0 Å². The quantitative estimate of drug-likeness (QED) is 0.659. The van der Waals surface area contributed by atoms with E-state index < -0.39 is 5.97 Å². The zero-order valence-corrected chi connectivity index (χ0v) is 7.66. The van der Waals surface area contributed by atoms with Crippen LogP contribution in [0.4, 0.5) is 0 Å². The molecule has 75 valence electrons. The van der Waals surface area contributed by atoms with Crippen molar-refractivity contribution in [2.24, 2.45) is 11.8 Å². The topological polar surface area (TPSA) is 63.6 Å². The van der Waals surface area contributed by atoms with Gasteiger partial charge in [-0.15, -0.1) is 0 Å². The monoisotopic (exact) mass is 187 g/mol. The molecule has 0 aliphatic heterocycles. The molecule has 1 saturated carbocycles. The van der Waals surface area contributed by atoms with Crippen LogP contribution in [-0.4, -0.2) is 24.2 Å². The van der Waals surface area contributed by atoms with Crippen LogP contribution in [0.5, 0.6) is 0 Å². The second-order valence-electron chi connectivity index (χ2n) is 3.41. The number of hydrogen-bond donors (Lipinski definition) is 1. The van der Waals surface area contributed by atoms with Gasteiger partial charge in [0.25, 0.3) is 0 Å². The molecule has 0 bridgehead atoms. The highest BCUT2D eigenvalue weighted by Gasteiger charge is 2.29. The van der Waals surface area contributed by atoms with Crippen LogP contribution in [0, 0.1) is 11.8 Å². The van der Waals surface area contributed by atoms with Gasteiger partial charge < -0.3 is 9.84 Å². The van der Waals surface area contributed by atoms with Crippen LogP contribution in [0.3, 0.4) is 0 Å². The summed E-state index contributed by atoms with van der Waals surface area (Å²) in [6, 6.07) is 0. The average molecular weight is 187 g/mol. The number of aliphatic carboxylic acids is 1. The lowest BCUT2D eigenvalue weighted by atomic mass is 9.82. The van der Waals surface area contributed by atoms with Crippen molar-refractivity contribution in [3.05, 3.63) is 0 Å². The number of methoxy groups -OCH3 is 1. The first-order valence-electron chi connectivity index (χ1n) is 4.45. The van der Waals surface area contributed by atoms with Crippen molar-refractivity contribution in [2.75, 3.05) is 7.11 Å². The van der Waals surface area contributed by atoms with Crippen LogP contribution in [0.25, 0.3) is 0 Å². The number of esters is 1. The Hall–Kier alpha value is -1.06. The Bertz CT molecular complexity index is 209. The van der Waals surface area contributed by atoms with Gasteiger partial charge in [0, 0.05) is 1.43 Å². The third-order valence-corrected chi connectivity index (χ3v) is 2.61. The Morgan fingerprint density at radius 2 is 1.69 bits per heavy atom. The third kappa shape index (κ3) is 2.44. The molecule has 0 spiro atoms. The van der Waals surface area contributed by atoms with E-state index in [2.05, 4.69) is 4.74 Å². The molecule has 4 nitrogen and oxygen atoms in total. The Kier molecular flexibility index (Phi) is 3.28. The number of hydrogen-bond acceptors (Lipinski definition) is 3. The lowest BCUT2D eigenvalue weighted by molar-refractivity contribution is -0.150. The second-order valence-corrected chi connectivity index (χ2v) is 3.41. The molecule has 0 aromatic rings. The van der Waals surface area contributed by atoms with Crippen LogP contribution in [0.15, 0.2) is 0 Å². The zero-order valence-electron chi connectivity index (χ0n) is 8.66. The molecule has 1 aliphatic rings. The summed E-state index contributed by atoms with van der Waals surface area (Å²) in [6.45, 7) is 0. The van der Waals surface area contributed by atoms with Gasteiger partial charge in [0.2, 0.25) is 0 Å². The lowest BCUT2D eigenvalue weighted by Gasteiger charge is -2.23. The van der Waals surface area contributed by atoms with Crippen LogP contribution in [-0.2, 0) is 14.3 Å². The number of rotatable bonds is 2. The number of carbonyl (C=O) groups is 2. The van der Waals surface area contributed by atoms with Gasteiger partial charge >= 0.3 is 11.9 Å². The fourth-order valence-electron chi connectivity index (χ4n) is 1.74. The maximum atomic E-state index is 11.1. The van der Waals surface area contributed by atoms with E-state index in [9.17, 15) is 9.59 Å². The standard InChI is InChI=1S/C9H14O4.H/c1-13-9(12)7-4-2-6(3-5-7)8(10)11;/h6-7H,2-5H2,1H3,(H,10,11);. The molecule has 1 rings (SSSR count). The van der Waals surface area contributed by atoms with Gasteiger partial charge in [0.15, 0.2) is 0 Å². The first-order chi connectivity index (χ1) is 6.15. The Morgan fingerprint density at radius 1 is 1.23 bits per heavy atom. The Balaban J connectivity index is 0.00000169. The van der Waals surface area contributed by atoms with E-state index in [1.807, 2.05) is 0 Å². The molecular weight excluding hydrogens is 172 g/mol. The van der Waals surface area contributed by atoms with Crippen molar-refractivity contribution < 1.29 is 20.9 Å². The molecule has 4 heteroatoms. The minimum atomic E-state index is -0.747. The van der Waals surface area contributed by atoms with E-state index in [1.54, 1.807) is 0 Å². The average Bonchev–Trinajstić information content (AvgIpc) is 2.17. The Morgan fingerprint density at radius 3 is 2.08 bits per heavy atom. The zero-order chi connectivity index (χ0) is 9.84. The van der Waals surface area contributed by atoms with Gasteiger partial charge in [-0.25, -0.2) is 0 Å². The summed E-state index contributed by atoms with van der Waals surface area (Å²) in [5.41, 5.74) is 0. The number of ether oxygens (including phenoxy) is 1. The first kappa shape index (κ1) is 10.0. The first-order valence-corrected chi connectivity index (χ1v) is 4.45. The molecule has 1 aliphatic carbocycles. The molecule has 1 radical (unpaired) electrons. The van der Waals surface area contributed by atoms with Crippen molar-refractivity contribution in [3.63, 3.8) is 0 Å². The number of carboxylic acid groups (broad SMARTS) is 1. The molecule has 1 N–H and O–H groups in total. The highest BCUT2D eigenvalue weighted by Crippen LogP contribution is 2.29. The second kappa shape index (κ2) is 4.25. The van der Waals surface area contributed by atoms with E-state index in [0.717, 1.165) is 0 Å². The van der Waals surface area contributed by atoms with E-state index >= 15 is 0 Å². The van der Waals surface area contributed by atoms with Crippen LogP contribution in [0.2, 0.25) is 0 Å². The van der Waals surface area contributed by atoms with Crippen molar-refractivity contribution >= 4 is 11.9 Å². The van der Waals surface area contributed by atoms with Crippen molar-refractivity contribution in [3.8, 4) is 0 Å². The fourth-order valence-corrected chi connectivity index (χ4v) is 1.74. The largest absolute Gasteiger partial charge is 0.481 e. The summed E-state index contributed by atoms with van der Waals surface area (Å²) < 4.78 is 4.60. The summed E-state index contributed by atoms with van der Waals surface area (Å²) in [6.07, 6.45) is 2.47. The highest BCUT2D eigenvalue weighted by molar-refractivity contribution is 5.74. The number of carbonyl (C=O) groups excluding carboxylic acids is 1. The van der Waals surface area contributed by atoms with Crippen molar-refractivity contribution in [2.45, 2.75) is 25.7 Å². The molecule has 1 fully saturated rings. The predicted octanol–water partition coefficient (Wildman–Crippen LogP) is 1.16. The summed E-state index contributed by atoms with van der Waals surface area (Å²) >= 11 is 0. The molecule has 0 saturated heterocycles. The van der Waals surface area contributed by atoms with Gasteiger partial charge in [-0.1, -0.05) is 0 Å². The predicted molar refractivity (Wildman–Crippen MR) is 46.2 cm³/mol. The van der Waals surface area contributed by atoms with Gasteiger partial charge in [-0.05, 0) is 25.7 Å². The molecule has 0 amide bonds. The van der Waals surface area contributed by atoms with Crippen molar-refractivity contribution in [1.82, 2.24) is 0 Å². The highest BCUT2D eigenvalue weighted by atomic mass is 16.5. The lowest BCUT2D eigenvalue weighted by Crippen LogP contribution is -2.26. The number of carboxylic acids is 1. The summed E-state index contributed by atoms with van der Waals surface area (Å²) in [5, 5.41) is 8.70. The van der Waals surface area contributed by atoms with Crippen LogP contribution < -0.4 is 0 Å². The van der Waals surface area contributed by atoms with Gasteiger partial charge in [-0.3, -0.25) is 9.59 Å². The minimum absolute atomic E-state index is 0. The normalized spacial score (nSPS) is 28.1. The van der Waals surface area contributed by atoms with E-state index in [1.165, 1.54) is 7.11 Å². The molecule has 0 aromatic carbocycles. The summed E-state index contributed by atoms with van der Waals surface area (Å²) in [7, 11) is 1.37. The van der Waals surface area contributed by atoms with Gasteiger partial charge in [0.05, 0.1) is 18.9 Å². The van der Waals surface area contributed by atoms with Gasteiger partial charge in [-0.2, -0.15) is 0 Å². The van der Waals surface area contributed by atoms with E-state index in [4.69, 9.17) is 5.11 Å². The maximum Gasteiger partial charge on any atom is 0.308 e. The summed E-state index contributed by atoms with van der Waals surface area (Å²) in [4.78, 5) is 21.7. The van der Waals surface area contributed by atoms with E-state index in [0.29, 0.717) is 25.7 Å². The SMILES string of the molecule is COC(=O)C1CCC(C(=O)O)CC1.[H]. The fraction of sp³-hybridized carbons (Fsp3) is 0.778. The molecule has 0 heterocycles. The maximum absolute atomic E-state index is 11.1. The van der Waals surface area contributed by atoms with Crippen LogP contribution >= 0.6 is 0 Å². The molecule has 0 atom stereocenters. The van der Waals surface area contributed by atoms with E-state index in [-0.39, 0.29) is 19.2 Å². The summed E-state index contributed by atoms with van der Waals surface area (Å²) in [5.74, 6) is -1.30. The molecule has 0 aromatic heterocycles. The smallest absolute Gasteiger partial charge is 0.308 e. The Labute approximate surface area is 78.4 Å². The molecule has 13 heavy (non-hydrogen) atoms. The molecule has 0 unspecified atom stereocenters. The minimum Gasteiger partial charge on any atom is -0.481 e. The third-order valence-electron chi connectivity index (χ3n) is 2.61. The van der Waals surface area contributed by atoms with Crippen LogP contribution in [0.1, 0.15) is 27.1 Å².